The number of likely N-dealkylation sites (tertiary alicyclic amines) is 1. The molecule has 6 heteroatoms. The van der Waals surface area contributed by atoms with E-state index in [1.807, 2.05) is 44.2 Å². The smallest absolute Gasteiger partial charge is 0.325 e. The molecule has 2 aromatic carbocycles. The lowest BCUT2D eigenvalue weighted by Gasteiger charge is -2.31. The van der Waals surface area contributed by atoms with Crippen LogP contribution in [0.4, 0.5) is 10.5 Å². The van der Waals surface area contributed by atoms with E-state index in [0.717, 1.165) is 37.1 Å². The number of rotatable bonds is 4. The van der Waals surface area contributed by atoms with Crippen LogP contribution in [0.5, 0.6) is 5.75 Å². The largest absolute Gasteiger partial charge is 0.508 e. The standard InChI is InChI=1S/C22H27N3O3/c1-15-3-8-20(16(2)13-15)23-22(28)24-21(27)14-25-11-9-18(10-12-25)17-4-6-19(26)7-5-17/h3-8,13,18,26H,9-12,14H2,1-2H3,(H2,23,24,27,28). The third-order valence-corrected chi connectivity index (χ3v) is 5.20. The number of imide groups is 1. The van der Waals surface area contributed by atoms with Crippen LogP contribution in [0.2, 0.25) is 0 Å². The van der Waals surface area contributed by atoms with Crippen molar-refractivity contribution in [1.82, 2.24) is 10.2 Å². The molecular formula is C22H27N3O3. The Kier molecular flexibility index (Phi) is 6.31. The number of phenolic OH excluding ortho intramolecular Hbond substituents is 1. The highest BCUT2D eigenvalue weighted by Crippen LogP contribution is 2.28. The lowest BCUT2D eigenvalue weighted by molar-refractivity contribution is -0.121. The maximum Gasteiger partial charge on any atom is 0.325 e. The predicted molar refractivity (Wildman–Crippen MR) is 110 cm³/mol. The van der Waals surface area contributed by atoms with Crippen LogP contribution in [0.15, 0.2) is 42.5 Å². The molecule has 28 heavy (non-hydrogen) atoms. The van der Waals surface area contributed by atoms with Crippen LogP contribution < -0.4 is 10.6 Å². The van der Waals surface area contributed by atoms with Gasteiger partial charge in [-0.1, -0.05) is 29.8 Å². The zero-order valence-corrected chi connectivity index (χ0v) is 16.4. The Labute approximate surface area is 165 Å². The molecule has 3 N–H and O–H groups in total. The summed E-state index contributed by atoms with van der Waals surface area (Å²) in [5, 5.41) is 14.5. The minimum absolute atomic E-state index is 0.211. The Balaban J connectivity index is 1.44. The first-order valence-electron chi connectivity index (χ1n) is 9.60. The lowest BCUT2D eigenvalue weighted by Crippen LogP contribution is -2.44. The molecular weight excluding hydrogens is 354 g/mol. The van der Waals surface area contributed by atoms with Gasteiger partial charge in [0.15, 0.2) is 0 Å². The summed E-state index contributed by atoms with van der Waals surface area (Å²) in [7, 11) is 0. The van der Waals surface area contributed by atoms with Gasteiger partial charge in [0.25, 0.3) is 0 Å². The van der Waals surface area contributed by atoms with Gasteiger partial charge in [-0.25, -0.2) is 4.79 Å². The van der Waals surface area contributed by atoms with Crippen molar-refractivity contribution in [2.45, 2.75) is 32.6 Å². The first-order valence-corrected chi connectivity index (χ1v) is 9.60. The minimum Gasteiger partial charge on any atom is -0.508 e. The van der Waals surface area contributed by atoms with E-state index in [9.17, 15) is 14.7 Å². The molecule has 0 unspecified atom stereocenters. The zero-order chi connectivity index (χ0) is 20.1. The van der Waals surface area contributed by atoms with Gasteiger partial charge in [0, 0.05) is 5.69 Å². The molecule has 0 spiro atoms. The Bertz CT molecular complexity index is 841. The van der Waals surface area contributed by atoms with E-state index in [0.29, 0.717) is 11.6 Å². The van der Waals surface area contributed by atoms with Crippen LogP contribution in [-0.4, -0.2) is 41.6 Å². The number of carbonyl (C=O) groups is 2. The van der Waals surface area contributed by atoms with Crippen molar-refractivity contribution in [2.75, 3.05) is 25.0 Å². The van der Waals surface area contributed by atoms with Gasteiger partial charge in [-0.3, -0.25) is 15.0 Å². The van der Waals surface area contributed by atoms with Gasteiger partial charge in [-0.05, 0) is 75.0 Å². The minimum atomic E-state index is -0.504. The van der Waals surface area contributed by atoms with E-state index in [1.165, 1.54) is 5.56 Å². The molecule has 0 aromatic heterocycles. The molecule has 0 atom stereocenters. The molecule has 0 saturated carbocycles. The van der Waals surface area contributed by atoms with Crippen molar-refractivity contribution in [3.8, 4) is 5.75 Å². The second-order valence-corrected chi connectivity index (χ2v) is 7.46. The van der Waals surface area contributed by atoms with E-state index in [1.54, 1.807) is 12.1 Å². The maximum absolute atomic E-state index is 12.2. The summed E-state index contributed by atoms with van der Waals surface area (Å²) in [4.78, 5) is 26.3. The second kappa shape index (κ2) is 8.89. The van der Waals surface area contributed by atoms with Gasteiger partial charge < -0.3 is 10.4 Å². The Morgan fingerprint density at radius 1 is 1.07 bits per heavy atom. The molecule has 3 rings (SSSR count). The van der Waals surface area contributed by atoms with Crippen molar-refractivity contribution in [2.24, 2.45) is 0 Å². The molecule has 3 amide bonds. The first kappa shape index (κ1) is 19.9. The summed E-state index contributed by atoms with van der Waals surface area (Å²) < 4.78 is 0. The Morgan fingerprint density at radius 3 is 2.39 bits per heavy atom. The van der Waals surface area contributed by atoms with Crippen LogP contribution in [0.1, 0.15) is 35.4 Å². The quantitative estimate of drug-likeness (QED) is 0.757. The van der Waals surface area contributed by atoms with Gasteiger partial charge >= 0.3 is 6.03 Å². The number of urea groups is 1. The monoisotopic (exact) mass is 381 g/mol. The number of benzene rings is 2. The maximum atomic E-state index is 12.2. The number of nitrogens with one attached hydrogen (secondary N) is 2. The topological polar surface area (TPSA) is 81.7 Å². The van der Waals surface area contributed by atoms with Crippen molar-refractivity contribution in [3.05, 3.63) is 59.2 Å². The van der Waals surface area contributed by atoms with Gasteiger partial charge in [-0.15, -0.1) is 0 Å². The SMILES string of the molecule is Cc1ccc(NC(=O)NC(=O)CN2CCC(c3ccc(O)cc3)CC2)c(C)c1. The highest BCUT2D eigenvalue weighted by atomic mass is 16.3. The van der Waals surface area contributed by atoms with Crippen molar-refractivity contribution in [3.63, 3.8) is 0 Å². The normalized spacial score (nSPS) is 15.2. The van der Waals surface area contributed by atoms with E-state index >= 15 is 0 Å². The number of hydrogen-bond acceptors (Lipinski definition) is 4. The zero-order valence-electron chi connectivity index (χ0n) is 16.4. The van der Waals surface area contributed by atoms with Gasteiger partial charge in [-0.2, -0.15) is 0 Å². The number of piperidine rings is 1. The summed E-state index contributed by atoms with van der Waals surface area (Å²) in [6.07, 6.45) is 1.90. The number of aromatic hydroxyl groups is 1. The molecule has 148 valence electrons. The average Bonchev–Trinajstić information content (AvgIpc) is 2.65. The molecule has 0 bridgehead atoms. The van der Waals surface area contributed by atoms with Crippen molar-refractivity contribution < 1.29 is 14.7 Å². The van der Waals surface area contributed by atoms with Gasteiger partial charge in [0.1, 0.15) is 5.75 Å². The molecule has 1 aliphatic heterocycles. The molecule has 0 aliphatic carbocycles. The van der Waals surface area contributed by atoms with Crippen molar-refractivity contribution in [1.29, 1.82) is 0 Å². The fourth-order valence-corrected chi connectivity index (χ4v) is 3.65. The molecule has 6 nitrogen and oxygen atoms in total. The third kappa shape index (κ3) is 5.33. The Hall–Kier alpha value is -2.86. The van der Waals surface area contributed by atoms with Gasteiger partial charge in [0.05, 0.1) is 6.54 Å². The van der Waals surface area contributed by atoms with Crippen LogP contribution >= 0.6 is 0 Å². The van der Waals surface area contributed by atoms with E-state index in [-0.39, 0.29) is 18.2 Å². The molecule has 1 aliphatic rings. The van der Waals surface area contributed by atoms with E-state index < -0.39 is 6.03 Å². The number of aryl methyl sites for hydroxylation is 2. The summed E-state index contributed by atoms with van der Waals surface area (Å²) in [5.41, 5.74) is 3.99. The van der Waals surface area contributed by atoms with E-state index in [4.69, 9.17) is 0 Å². The molecule has 2 aromatic rings. The second-order valence-electron chi connectivity index (χ2n) is 7.46. The highest BCUT2D eigenvalue weighted by Gasteiger charge is 2.22. The van der Waals surface area contributed by atoms with Crippen LogP contribution in [-0.2, 0) is 4.79 Å². The summed E-state index contributed by atoms with van der Waals surface area (Å²) in [6.45, 7) is 5.73. The molecule has 0 radical (unpaired) electrons. The van der Waals surface area contributed by atoms with Crippen LogP contribution in [0.3, 0.4) is 0 Å². The van der Waals surface area contributed by atoms with Crippen LogP contribution in [0.25, 0.3) is 0 Å². The number of carbonyl (C=O) groups excluding carboxylic acids is 2. The molecule has 1 heterocycles. The number of hydrogen-bond donors (Lipinski definition) is 3. The third-order valence-electron chi connectivity index (χ3n) is 5.20. The fraction of sp³-hybridized carbons (Fsp3) is 0.364. The summed E-state index contributed by atoms with van der Waals surface area (Å²) in [5.74, 6) is 0.412. The first-order chi connectivity index (χ1) is 13.4. The summed E-state index contributed by atoms with van der Waals surface area (Å²) in [6, 6.07) is 12.6. The Morgan fingerprint density at radius 2 is 1.75 bits per heavy atom. The molecule has 1 saturated heterocycles. The number of nitrogens with zero attached hydrogens (tertiary/aromatic N) is 1. The van der Waals surface area contributed by atoms with E-state index in [2.05, 4.69) is 15.5 Å². The summed E-state index contributed by atoms with van der Waals surface area (Å²) >= 11 is 0. The number of anilines is 1. The fourth-order valence-electron chi connectivity index (χ4n) is 3.65. The van der Waals surface area contributed by atoms with Crippen molar-refractivity contribution >= 4 is 17.6 Å². The predicted octanol–water partition coefficient (Wildman–Crippen LogP) is 3.54. The highest BCUT2D eigenvalue weighted by molar-refractivity contribution is 6.02. The average molecular weight is 381 g/mol. The lowest BCUT2D eigenvalue weighted by atomic mass is 9.89. The number of amides is 3. The molecule has 1 fully saturated rings. The van der Waals surface area contributed by atoms with Gasteiger partial charge in [0.2, 0.25) is 5.91 Å². The van der Waals surface area contributed by atoms with Crippen LogP contribution in [0, 0.1) is 13.8 Å². The number of phenols is 1.